The Morgan fingerprint density at radius 1 is 1.19 bits per heavy atom. The minimum Gasteiger partial charge on any atom is -0.425 e. The van der Waals surface area contributed by atoms with Crippen LogP contribution in [0.4, 0.5) is 0 Å². The van der Waals surface area contributed by atoms with E-state index in [1.54, 1.807) is 18.4 Å². The molecule has 0 bridgehead atoms. The molecule has 3 nitrogen and oxygen atoms in total. The van der Waals surface area contributed by atoms with Gasteiger partial charge in [0, 0.05) is 10.7 Å². The van der Waals surface area contributed by atoms with Gasteiger partial charge in [-0.1, -0.05) is 36.4 Å². The molecule has 2 rings (SSSR count). The highest BCUT2D eigenvalue weighted by Crippen LogP contribution is 2.28. The van der Waals surface area contributed by atoms with E-state index in [-0.39, 0.29) is 0 Å². The van der Waals surface area contributed by atoms with E-state index in [0.717, 1.165) is 10.0 Å². The quantitative estimate of drug-likeness (QED) is 0.715. The fraction of sp³-hybridized carbons (Fsp3) is 0.0909. The van der Waals surface area contributed by atoms with Crippen molar-refractivity contribution in [2.24, 2.45) is 0 Å². The normalized spacial score (nSPS) is 23.6. The van der Waals surface area contributed by atoms with E-state index in [4.69, 9.17) is 0 Å². The molecule has 0 aliphatic carbocycles. The largest absolute Gasteiger partial charge is 0.487 e. The van der Waals surface area contributed by atoms with E-state index in [0.29, 0.717) is 0 Å². The summed E-state index contributed by atoms with van der Waals surface area (Å²) < 4.78 is 0.861. The Morgan fingerprint density at radius 2 is 1.88 bits per heavy atom. The van der Waals surface area contributed by atoms with Crippen molar-refractivity contribution in [3.63, 3.8) is 0 Å². The summed E-state index contributed by atoms with van der Waals surface area (Å²) in [5, 5.41) is 22.1. The molecule has 1 aromatic rings. The number of halogens is 1. The van der Waals surface area contributed by atoms with Crippen LogP contribution in [0, 0.1) is 0 Å². The third-order valence-corrected chi connectivity index (χ3v) is 3.11. The lowest BCUT2D eigenvalue weighted by atomic mass is 9.60. The van der Waals surface area contributed by atoms with Gasteiger partial charge in [-0.15, -0.1) is 0 Å². The van der Waals surface area contributed by atoms with Crippen molar-refractivity contribution in [1.29, 1.82) is 0 Å². The zero-order chi connectivity index (χ0) is 11.6. The minimum absolute atomic E-state index is 0.803. The SMILES string of the molecule is OB(O)C1(c2ccccc2)C=CC(Br)=CN1. The second-order valence-corrected chi connectivity index (χ2v) is 4.53. The molecule has 1 atom stereocenters. The molecule has 0 fully saturated rings. The zero-order valence-corrected chi connectivity index (χ0v) is 10.1. The molecule has 0 spiro atoms. The molecule has 1 aliphatic rings. The predicted octanol–water partition coefficient (Wildman–Crippen LogP) is 1.29. The standard InChI is InChI=1S/C11H11BBrNO2/c13-10-6-7-11(12(15)16,14-8-10)9-4-2-1-3-5-9/h1-8,14-16H. The molecule has 5 heteroatoms. The van der Waals surface area contributed by atoms with Crippen LogP contribution in [-0.2, 0) is 5.44 Å². The van der Waals surface area contributed by atoms with Crippen LogP contribution in [-0.4, -0.2) is 17.2 Å². The molecular formula is C11H11BBrNO2. The molecule has 1 heterocycles. The second kappa shape index (κ2) is 4.45. The fourth-order valence-corrected chi connectivity index (χ4v) is 1.95. The summed E-state index contributed by atoms with van der Waals surface area (Å²) in [5.74, 6) is 0. The van der Waals surface area contributed by atoms with Gasteiger partial charge in [0.25, 0.3) is 0 Å². The first-order chi connectivity index (χ1) is 7.65. The number of benzene rings is 1. The maximum Gasteiger partial charge on any atom is 0.487 e. The summed E-state index contributed by atoms with van der Waals surface area (Å²) in [6, 6.07) is 9.32. The highest BCUT2D eigenvalue weighted by Gasteiger charge is 2.41. The van der Waals surface area contributed by atoms with Gasteiger partial charge in [-0.3, -0.25) is 0 Å². The number of dihydropyridines is 1. The smallest absolute Gasteiger partial charge is 0.425 e. The molecule has 82 valence electrons. The summed E-state index contributed by atoms with van der Waals surface area (Å²) >= 11 is 3.31. The van der Waals surface area contributed by atoms with E-state index in [1.165, 1.54) is 0 Å². The predicted molar refractivity (Wildman–Crippen MR) is 67.6 cm³/mol. The Morgan fingerprint density at radius 3 is 2.38 bits per heavy atom. The first kappa shape index (κ1) is 11.5. The van der Waals surface area contributed by atoms with Gasteiger partial charge in [0.2, 0.25) is 0 Å². The molecule has 0 radical (unpaired) electrons. The van der Waals surface area contributed by atoms with Crippen LogP contribution in [0.25, 0.3) is 0 Å². The van der Waals surface area contributed by atoms with Crippen LogP contribution >= 0.6 is 15.9 Å². The van der Waals surface area contributed by atoms with Gasteiger partial charge in [0.05, 0.1) is 0 Å². The van der Waals surface area contributed by atoms with Gasteiger partial charge in [-0.05, 0) is 27.6 Å². The van der Waals surface area contributed by atoms with Gasteiger partial charge in [-0.25, -0.2) is 0 Å². The molecule has 16 heavy (non-hydrogen) atoms. The number of hydrogen-bond acceptors (Lipinski definition) is 3. The van der Waals surface area contributed by atoms with Gasteiger partial charge in [0.15, 0.2) is 0 Å². The number of rotatable bonds is 2. The maximum absolute atomic E-state index is 9.56. The summed E-state index contributed by atoms with van der Waals surface area (Å²) in [6.07, 6.45) is 5.23. The van der Waals surface area contributed by atoms with Crippen molar-refractivity contribution in [3.05, 3.63) is 58.7 Å². The molecule has 0 saturated carbocycles. The van der Waals surface area contributed by atoms with Crippen LogP contribution in [0.2, 0.25) is 0 Å². The van der Waals surface area contributed by atoms with Crippen molar-refractivity contribution in [2.45, 2.75) is 5.44 Å². The molecule has 0 amide bonds. The van der Waals surface area contributed by atoms with Crippen LogP contribution in [0.3, 0.4) is 0 Å². The van der Waals surface area contributed by atoms with Crippen LogP contribution in [0.1, 0.15) is 5.56 Å². The van der Waals surface area contributed by atoms with Gasteiger partial charge < -0.3 is 15.4 Å². The summed E-state index contributed by atoms with van der Waals surface area (Å²) in [5.41, 5.74) is -0.170. The topological polar surface area (TPSA) is 52.5 Å². The molecule has 1 aromatic carbocycles. The first-order valence-electron chi connectivity index (χ1n) is 4.89. The van der Waals surface area contributed by atoms with Gasteiger partial charge >= 0.3 is 7.12 Å². The van der Waals surface area contributed by atoms with Crippen molar-refractivity contribution < 1.29 is 10.0 Å². The van der Waals surface area contributed by atoms with Gasteiger partial charge in [-0.2, -0.15) is 0 Å². The van der Waals surface area contributed by atoms with Crippen LogP contribution < -0.4 is 5.32 Å². The maximum atomic E-state index is 9.56. The number of hydrogen-bond donors (Lipinski definition) is 3. The Kier molecular flexibility index (Phi) is 3.19. The molecule has 0 saturated heterocycles. The second-order valence-electron chi connectivity index (χ2n) is 3.62. The van der Waals surface area contributed by atoms with Crippen molar-refractivity contribution >= 4 is 23.0 Å². The molecular weight excluding hydrogens is 269 g/mol. The summed E-state index contributed by atoms with van der Waals surface area (Å²) in [7, 11) is -1.51. The molecule has 1 unspecified atom stereocenters. The zero-order valence-electron chi connectivity index (χ0n) is 8.47. The lowest BCUT2D eigenvalue weighted by Gasteiger charge is -2.33. The lowest BCUT2D eigenvalue weighted by Crippen LogP contribution is -2.52. The van der Waals surface area contributed by atoms with E-state index >= 15 is 0 Å². The molecule has 3 N–H and O–H groups in total. The first-order valence-corrected chi connectivity index (χ1v) is 5.69. The molecule has 0 aromatic heterocycles. The molecule has 1 aliphatic heterocycles. The summed E-state index contributed by atoms with van der Waals surface area (Å²) in [4.78, 5) is 0. The number of allylic oxidation sites excluding steroid dienone is 2. The highest BCUT2D eigenvalue weighted by molar-refractivity contribution is 9.11. The Bertz CT molecular complexity index is 433. The fourth-order valence-electron chi connectivity index (χ4n) is 1.70. The van der Waals surface area contributed by atoms with Crippen LogP contribution in [0.15, 0.2) is 53.2 Å². The third kappa shape index (κ3) is 1.94. The average molecular weight is 280 g/mol. The summed E-state index contributed by atoms with van der Waals surface area (Å²) in [6.45, 7) is 0. The minimum atomic E-state index is -1.51. The lowest BCUT2D eigenvalue weighted by molar-refractivity contribution is 0.350. The Hall–Kier alpha value is -1.04. The van der Waals surface area contributed by atoms with E-state index in [9.17, 15) is 10.0 Å². The van der Waals surface area contributed by atoms with E-state index in [2.05, 4.69) is 21.2 Å². The van der Waals surface area contributed by atoms with Crippen molar-refractivity contribution in [3.8, 4) is 0 Å². The van der Waals surface area contributed by atoms with E-state index in [1.807, 2.05) is 30.3 Å². The average Bonchev–Trinajstić information content (AvgIpc) is 2.31. The monoisotopic (exact) mass is 279 g/mol. The highest BCUT2D eigenvalue weighted by atomic mass is 79.9. The van der Waals surface area contributed by atoms with E-state index < -0.39 is 12.6 Å². The third-order valence-electron chi connectivity index (χ3n) is 2.61. The Balaban J connectivity index is 2.43. The van der Waals surface area contributed by atoms with Crippen LogP contribution in [0.5, 0.6) is 0 Å². The van der Waals surface area contributed by atoms with Crippen molar-refractivity contribution in [2.75, 3.05) is 0 Å². The number of nitrogens with one attached hydrogen (secondary N) is 1. The van der Waals surface area contributed by atoms with Gasteiger partial charge in [0.1, 0.15) is 5.44 Å². The van der Waals surface area contributed by atoms with Crippen molar-refractivity contribution in [1.82, 2.24) is 5.32 Å². The Labute approximate surface area is 103 Å².